The molecule has 104 valence electrons. The Morgan fingerprint density at radius 1 is 1.00 bits per heavy atom. The van der Waals surface area contributed by atoms with Gasteiger partial charge in [-0.25, -0.2) is 0 Å². The van der Waals surface area contributed by atoms with Crippen molar-refractivity contribution in [2.45, 2.75) is 64.8 Å². The maximum absolute atomic E-state index is 9.31. The Labute approximate surface area is 112 Å². The van der Waals surface area contributed by atoms with E-state index in [0.29, 0.717) is 17.3 Å². The third-order valence-electron chi connectivity index (χ3n) is 3.05. The molecule has 2 nitrogen and oxygen atoms in total. The number of nitrogens with one attached hydrogen (secondary N) is 1. The van der Waals surface area contributed by atoms with Crippen molar-refractivity contribution in [1.29, 1.82) is 0 Å². The second-order valence-electron chi connectivity index (χ2n) is 5.87. The van der Waals surface area contributed by atoms with Gasteiger partial charge in [-0.3, -0.25) is 0 Å². The minimum absolute atomic E-state index is 0.255. The van der Waals surface area contributed by atoms with E-state index in [2.05, 4.69) is 46.2 Å². The first kappa shape index (κ1) is 17.3. The first-order valence-electron chi connectivity index (χ1n) is 6.80. The molecule has 0 saturated heterocycles. The van der Waals surface area contributed by atoms with E-state index in [-0.39, 0.29) is 6.61 Å². The van der Waals surface area contributed by atoms with Gasteiger partial charge >= 0.3 is 0 Å². The summed E-state index contributed by atoms with van der Waals surface area (Å²) in [7, 11) is 0. The lowest BCUT2D eigenvalue weighted by molar-refractivity contribution is 0.259. The van der Waals surface area contributed by atoms with Gasteiger partial charge < -0.3 is 10.4 Å². The molecule has 2 atom stereocenters. The molecule has 0 aromatic rings. The summed E-state index contributed by atoms with van der Waals surface area (Å²) in [6, 6.07) is 0.948. The van der Waals surface area contributed by atoms with Crippen LogP contribution in [0.4, 0.5) is 0 Å². The van der Waals surface area contributed by atoms with Crippen molar-refractivity contribution in [3.8, 4) is 0 Å². The predicted molar refractivity (Wildman–Crippen MR) is 79.7 cm³/mol. The first-order valence-corrected chi connectivity index (χ1v) is 8.09. The van der Waals surface area contributed by atoms with Crippen LogP contribution < -0.4 is 5.32 Å². The van der Waals surface area contributed by atoms with E-state index < -0.39 is 0 Å². The van der Waals surface area contributed by atoms with Gasteiger partial charge in [0.2, 0.25) is 0 Å². The van der Waals surface area contributed by atoms with Crippen LogP contribution in [0.5, 0.6) is 0 Å². The van der Waals surface area contributed by atoms with E-state index in [1.54, 1.807) is 11.8 Å². The van der Waals surface area contributed by atoms with Gasteiger partial charge in [-0.05, 0) is 37.9 Å². The molecular formula is C14H31NOS. The molecule has 0 radical (unpaired) electrons. The Bertz CT molecular complexity index is 171. The van der Waals surface area contributed by atoms with Crippen LogP contribution in [0.25, 0.3) is 0 Å². The zero-order valence-electron chi connectivity index (χ0n) is 12.4. The Morgan fingerprint density at radius 2 is 1.47 bits per heavy atom. The number of rotatable bonds is 9. The maximum Gasteiger partial charge on any atom is 0.0564 e. The second-order valence-corrected chi connectivity index (χ2v) is 6.94. The van der Waals surface area contributed by atoms with Crippen molar-refractivity contribution in [3.05, 3.63) is 0 Å². The highest BCUT2D eigenvalue weighted by Gasteiger charge is 2.20. The number of aliphatic hydroxyl groups is 1. The van der Waals surface area contributed by atoms with E-state index >= 15 is 0 Å². The van der Waals surface area contributed by atoms with Crippen molar-refractivity contribution in [1.82, 2.24) is 5.32 Å². The fraction of sp³-hybridized carbons (Fsp3) is 1.00. The summed E-state index contributed by atoms with van der Waals surface area (Å²) >= 11 is 1.75. The van der Waals surface area contributed by atoms with Crippen LogP contribution in [0.1, 0.15) is 47.5 Å². The molecule has 17 heavy (non-hydrogen) atoms. The number of hydrogen-bond donors (Lipinski definition) is 2. The number of thioether (sulfide) groups is 1. The molecule has 0 aliphatic carbocycles. The van der Waals surface area contributed by atoms with Crippen LogP contribution >= 0.6 is 11.8 Å². The summed E-state index contributed by atoms with van der Waals surface area (Å²) in [6.07, 6.45) is 4.50. The van der Waals surface area contributed by atoms with E-state index in [9.17, 15) is 5.11 Å². The molecule has 0 amide bonds. The molecule has 3 heteroatoms. The van der Waals surface area contributed by atoms with Gasteiger partial charge in [0, 0.05) is 17.3 Å². The second kappa shape index (κ2) is 9.23. The Hall–Kier alpha value is 0.270. The number of aliphatic hydroxyl groups excluding tert-OH is 1. The summed E-state index contributed by atoms with van der Waals surface area (Å²) in [5.74, 6) is 1.45. The normalized spacial score (nSPS) is 15.9. The van der Waals surface area contributed by atoms with Gasteiger partial charge in [0.15, 0.2) is 0 Å². The summed E-state index contributed by atoms with van der Waals surface area (Å²) in [5.41, 5.74) is 0. The quantitative estimate of drug-likeness (QED) is 0.669. The van der Waals surface area contributed by atoms with Crippen molar-refractivity contribution < 1.29 is 5.11 Å². The van der Waals surface area contributed by atoms with Crippen LogP contribution in [-0.2, 0) is 0 Å². The fourth-order valence-electron chi connectivity index (χ4n) is 2.29. The zero-order valence-corrected chi connectivity index (χ0v) is 13.2. The molecule has 0 spiro atoms. The molecule has 0 saturated carbocycles. The topological polar surface area (TPSA) is 32.3 Å². The molecule has 0 heterocycles. The third kappa shape index (κ3) is 8.06. The molecule has 0 aromatic carbocycles. The van der Waals surface area contributed by atoms with E-state index in [0.717, 1.165) is 11.8 Å². The average Bonchev–Trinajstić information content (AvgIpc) is 2.16. The fourth-order valence-corrected chi connectivity index (χ4v) is 2.92. The van der Waals surface area contributed by atoms with Crippen LogP contribution in [0.3, 0.4) is 0 Å². The lowest BCUT2D eigenvalue weighted by atomic mass is 9.95. The van der Waals surface area contributed by atoms with Gasteiger partial charge in [0.25, 0.3) is 0 Å². The minimum atomic E-state index is 0.255. The highest BCUT2D eigenvalue weighted by Crippen LogP contribution is 2.17. The number of hydrogen-bond acceptors (Lipinski definition) is 3. The highest BCUT2D eigenvalue weighted by atomic mass is 32.2. The lowest BCUT2D eigenvalue weighted by Gasteiger charge is -2.29. The molecule has 0 aliphatic rings. The summed E-state index contributed by atoms with van der Waals surface area (Å²) in [5, 5.41) is 13.3. The predicted octanol–water partition coefficient (Wildman–Crippen LogP) is 3.15. The van der Waals surface area contributed by atoms with Crippen LogP contribution in [-0.4, -0.2) is 35.3 Å². The minimum Gasteiger partial charge on any atom is -0.395 e. The van der Waals surface area contributed by atoms with Gasteiger partial charge in [-0.2, -0.15) is 11.8 Å². The van der Waals surface area contributed by atoms with Crippen molar-refractivity contribution >= 4 is 11.8 Å². The van der Waals surface area contributed by atoms with Crippen molar-refractivity contribution in [2.75, 3.05) is 12.9 Å². The molecule has 0 rings (SSSR count). The highest BCUT2D eigenvalue weighted by molar-refractivity contribution is 7.99. The van der Waals surface area contributed by atoms with E-state index in [1.807, 2.05) is 0 Å². The third-order valence-corrected chi connectivity index (χ3v) is 4.21. The standard InChI is InChI=1S/C14H31NOS/c1-10(2)7-13(8-11(3)4)15-12(5)14(9-16)17-6/h10-16H,7-9H2,1-6H3. The summed E-state index contributed by atoms with van der Waals surface area (Å²) in [6.45, 7) is 11.5. The largest absolute Gasteiger partial charge is 0.395 e. The maximum atomic E-state index is 9.31. The Balaban J connectivity index is 4.29. The van der Waals surface area contributed by atoms with Gasteiger partial charge in [-0.15, -0.1) is 0 Å². The SMILES string of the molecule is CSC(CO)C(C)NC(CC(C)C)CC(C)C. The molecule has 0 aliphatic heterocycles. The zero-order chi connectivity index (χ0) is 13.4. The van der Waals surface area contributed by atoms with Crippen molar-refractivity contribution in [2.24, 2.45) is 11.8 Å². The smallest absolute Gasteiger partial charge is 0.0564 e. The van der Waals surface area contributed by atoms with Gasteiger partial charge in [0.05, 0.1) is 6.61 Å². The monoisotopic (exact) mass is 261 g/mol. The van der Waals surface area contributed by atoms with Gasteiger partial charge in [-0.1, -0.05) is 27.7 Å². The van der Waals surface area contributed by atoms with E-state index in [4.69, 9.17) is 0 Å². The molecule has 2 unspecified atom stereocenters. The lowest BCUT2D eigenvalue weighted by Crippen LogP contribution is -2.44. The molecule has 2 N–H and O–H groups in total. The molecular weight excluding hydrogens is 230 g/mol. The summed E-state index contributed by atoms with van der Waals surface area (Å²) < 4.78 is 0. The molecule has 0 bridgehead atoms. The van der Waals surface area contributed by atoms with E-state index in [1.165, 1.54) is 12.8 Å². The summed E-state index contributed by atoms with van der Waals surface area (Å²) in [4.78, 5) is 0. The first-order chi connectivity index (χ1) is 7.90. The van der Waals surface area contributed by atoms with Crippen molar-refractivity contribution in [3.63, 3.8) is 0 Å². The molecule has 0 fully saturated rings. The van der Waals surface area contributed by atoms with Gasteiger partial charge in [0.1, 0.15) is 0 Å². The molecule has 0 aromatic heterocycles. The Kier molecular flexibility index (Phi) is 9.38. The van der Waals surface area contributed by atoms with Crippen LogP contribution in [0.2, 0.25) is 0 Å². The Morgan fingerprint density at radius 3 is 1.76 bits per heavy atom. The van der Waals surface area contributed by atoms with Crippen LogP contribution in [0.15, 0.2) is 0 Å². The average molecular weight is 261 g/mol. The van der Waals surface area contributed by atoms with Crippen LogP contribution in [0, 0.1) is 11.8 Å².